The van der Waals surface area contributed by atoms with E-state index >= 15 is 0 Å². The van der Waals surface area contributed by atoms with Gasteiger partial charge in [0.2, 0.25) is 5.91 Å². The Morgan fingerprint density at radius 3 is 2.00 bits per heavy atom. The Kier molecular flexibility index (Phi) is 3.34. The Morgan fingerprint density at radius 1 is 1.44 bits per heavy atom. The van der Waals surface area contributed by atoms with Gasteiger partial charge in [0, 0.05) is 30.5 Å². The van der Waals surface area contributed by atoms with Gasteiger partial charge in [0.15, 0.2) is 0 Å². The number of imide groups is 1. The van der Waals surface area contributed by atoms with Crippen LogP contribution in [0.4, 0.5) is 4.79 Å². The lowest BCUT2D eigenvalue weighted by Crippen LogP contribution is -2.32. The van der Waals surface area contributed by atoms with Crippen molar-refractivity contribution >= 4 is 35.5 Å². The zero-order valence-electron chi connectivity index (χ0n) is 4.52. The van der Waals surface area contributed by atoms with E-state index in [9.17, 15) is 9.59 Å². The van der Waals surface area contributed by atoms with Crippen LogP contribution in [0.15, 0.2) is 0 Å². The fraction of sp³-hybridized carbons (Fsp3) is 0.333. The molecule has 0 aromatic rings. The second kappa shape index (κ2) is 3.53. The molecule has 0 bridgehead atoms. The minimum absolute atomic E-state index is 0.238. The summed E-state index contributed by atoms with van der Waals surface area (Å²) in [5.41, 5.74) is 0. The fourth-order valence-electron chi connectivity index (χ4n) is 0.193. The summed E-state index contributed by atoms with van der Waals surface area (Å²) in [6, 6.07) is -0.856. The molecule has 3 amide bonds. The van der Waals surface area contributed by atoms with E-state index in [1.165, 1.54) is 6.92 Å². The van der Waals surface area contributed by atoms with Crippen LogP contribution < -0.4 is 5.32 Å². The van der Waals surface area contributed by atoms with E-state index in [1.807, 2.05) is 5.32 Å². The molecule has 0 aromatic carbocycles. The molecule has 0 aliphatic heterocycles. The topological polar surface area (TPSA) is 49.4 Å². The van der Waals surface area contributed by atoms with Gasteiger partial charge < -0.3 is 0 Å². The molecule has 0 rings (SSSR count). The molecule has 0 aromatic heterocycles. The molecule has 0 heterocycles. The van der Waals surface area contributed by atoms with Gasteiger partial charge in [-0.1, -0.05) is 0 Å². The molecule has 0 aliphatic carbocycles. The smallest absolute Gasteiger partial charge is 0.276 e. The average molecular weight is 171 g/mol. The fourth-order valence-corrected chi connectivity index (χ4v) is 0.277. The Balaban J connectivity index is 3.64. The van der Waals surface area contributed by atoms with Crippen LogP contribution in [0.5, 0.6) is 0 Å². The summed E-state index contributed by atoms with van der Waals surface area (Å²) in [5.74, 6) is -0.508. The van der Waals surface area contributed by atoms with Crippen LogP contribution in [0, 0.1) is 0 Å². The highest BCUT2D eigenvalue weighted by Crippen LogP contribution is 1.97. The molecule has 0 aliphatic rings. The van der Waals surface area contributed by atoms with Crippen LogP contribution in [-0.2, 0) is 4.79 Å². The van der Waals surface area contributed by atoms with Crippen molar-refractivity contribution in [1.82, 2.24) is 9.25 Å². The maximum atomic E-state index is 10.3. The molecule has 0 unspecified atom stereocenters. The maximum Gasteiger partial charge on any atom is 0.353 e. The van der Waals surface area contributed by atoms with Crippen LogP contribution in [-0.4, -0.2) is 15.9 Å². The molecule has 1 N–H and O–H groups in total. The Morgan fingerprint density at radius 2 is 1.89 bits per heavy atom. The lowest BCUT2D eigenvalue weighted by atomic mass is 10.7. The molecule has 0 saturated carbocycles. The van der Waals surface area contributed by atoms with Gasteiger partial charge in [0.05, 0.1) is 0 Å². The normalized spacial score (nSPS) is 8.33. The number of hydrogen-bond acceptors (Lipinski definition) is 2. The minimum Gasteiger partial charge on any atom is -0.276 e. The average Bonchev–Trinajstić information content (AvgIpc) is 1.63. The van der Waals surface area contributed by atoms with Gasteiger partial charge in [0.25, 0.3) is 0 Å². The highest BCUT2D eigenvalue weighted by Gasteiger charge is 2.07. The van der Waals surface area contributed by atoms with Crippen LogP contribution in [0.1, 0.15) is 6.92 Å². The van der Waals surface area contributed by atoms with Gasteiger partial charge in [-0.15, -0.1) is 3.94 Å². The zero-order valence-corrected chi connectivity index (χ0v) is 6.03. The van der Waals surface area contributed by atoms with Crippen molar-refractivity contribution in [1.29, 1.82) is 0 Å². The number of hydrogen-bond donors (Lipinski definition) is 1. The highest BCUT2D eigenvalue weighted by atomic mass is 35.5. The third-order valence-corrected chi connectivity index (χ3v) is 0.744. The lowest BCUT2D eigenvalue weighted by Gasteiger charge is -2.01. The standard InChI is InChI=1S/C3H4Cl2N2O2/c1-2(8)6-3(9)7(4)5/h1H3,(H,6,8,9). The SMILES string of the molecule is CC(=O)NC(=O)N(Cl)Cl. The largest absolute Gasteiger partial charge is 0.353 e. The van der Waals surface area contributed by atoms with E-state index in [-0.39, 0.29) is 3.94 Å². The first-order valence-corrected chi connectivity index (χ1v) is 2.65. The van der Waals surface area contributed by atoms with Crippen molar-refractivity contribution in [3.05, 3.63) is 0 Å². The number of halogens is 2. The van der Waals surface area contributed by atoms with Gasteiger partial charge in [0.1, 0.15) is 0 Å². The van der Waals surface area contributed by atoms with Gasteiger partial charge in [-0.25, -0.2) is 4.79 Å². The first-order valence-electron chi connectivity index (χ1n) is 1.97. The summed E-state index contributed by atoms with van der Waals surface area (Å²) < 4.78 is 0.238. The molecule has 4 nitrogen and oxygen atoms in total. The van der Waals surface area contributed by atoms with E-state index in [4.69, 9.17) is 23.6 Å². The molecule has 0 atom stereocenters. The van der Waals surface area contributed by atoms with E-state index in [1.54, 1.807) is 0 Å². The van der Waals surface area contributed by atoms with Crippen molar-refractivity contribution < 1.29 is 9.59 Å². The molecule has 52 valence electrons. The third-order valence-electron chi connectivity index (χ3n) is 0.436. The summed E-state index contributed by atoms with van der Waals surface area (Å²) in [6.45, 7) is 1.18. The lowest BCUT2D eigenvalue weighted by molar-refractivity contribution is -0.117. The molecular weight excluding hydrogens is 167 g/mol. The van der Waals surface area contributed by atoms with E-state index in [0.29, 0.717) is 0 Å². The number of amides is 3. The van der Waals surface area contributed by atoms with Gasteiger partial charge in [-0.05, 0) is 0 Å². The van der Waals surface area contributed by atoms with Crippen molar-refractivity contribution in [2.75, 3.05) is 0 Å². The monoisotopic (exact) mass is 170 g/mol. The first-order chi connectivity index (χ1) is 4.04. The molecule has 0 saturated heterocycles. The van der Waals surface area contributed by atoms with E-state index in [0.717, 1.165) is 0 Å². The zero-order chi connectivity index (χ0) is 7.44. The van der Waals surface area contributed by atoms with Gasteiger partial charge in [-0.3, -0.25) is 10.1 Å². The highest BCUT2D eigenvalue weighted by molar-refractivity contribution is 6.41. The van der Waals surface area contributed by atoms with Crippen molar-refractivity contribution in [3.63, 3.8) is 0 Å². The molecule has 0 fully saturated rings. The first kappa shape index (κ1) is 8.52. The van der Waals surface area contributed by atoms with Crippen molar-refractivity contribution in [2.24, 2.45) is 0 Å². The predicted octanol–water partition coefficient (Wildman–Crippen LogP) is 0.852. The van der Waals surface area contributed by atoms with E-state index in [2.05, 4.69) is 0 Å². The van der Waals surface area contributed by atoms with Crippen LogP contribution in [0.3, 0.4) is 0 Å². The third kappa shape index (κ3) is 4.05. The number of urea groups is 1. The Labute approximate surface area is 61.9 Å². The van der Waals surface area contributed by atoms with Crippen LogP contribution in [0.25, 0.3) is 0 Å². The van der Waals surface area contributed by atoms with Crippen molar-refractivity contribution in [2.45, 2.75) is 6.92 Å². The number of carbonyl (C=O) groups excluding carboxylic acids is 2. The quantitative estimate of drug-likeness (QED) is 0.549. The Bertz CT molecular complexity index is 136. The molecule has 0 radical (unpaired) electrons. The molecule has 6 heteroatoms. The number of nitrogens with one attached hydrogen (secondary N) is 1. The predicted molar refractivity (Wildman–Crippen MR) is 32.8 cm³/mol. The molecule has 0 spiro atoms. The molecule has 9 heavy (non-hydrogen) atoms. The second-order valence-corrected chi connectivity index (χ2v) is 2.07. The summed E-state index contributed by atoms with van der Waals surface area (Å²) in [6.07, 6.45) is 0. The number of rotatable bonds is 0. The van der Waals surface area contributed by atoms with Gasteiger partial charge in [-0.2, -0.15) is 0 Å². The number of nitrogens with zero attached hydrogens (tertiary/aromatic N) is 1. The maximum absolute atomic E-state index is 10.3. The summed E-state index contributed by atoms with van der Waals surface area (Å²) >= 11 is 9.81. The summed E-state index contributed by atoms with van der Waals surface area (Å²) in [7, 11) is 0. The van der Waals surface area contributed by atoms with Crippen molar-refractivity contribution in [3.8, 4) is 0 Å². The van der Waals surface area contributed by atoms with Crippen LogP contribution in [0.2, 0.25) is 0 Å². The summed E-state index contributed by atoms with van der Waals surface area (Å²) in [5, 5.41) is 1.83. The minimum atomic E-state index is -0.856. The Hall–Kier alpha value is -0.480. The number of carbonyl (C=O) groups is 2. The second-order valence-electron chi connectivity index (χ2n) is 1.22. The van der Waals surface area contributed by atoms with Crippen LogP contribution >= 0.6 is 23.6 Å². The van der Waals surface area contributed by atoms with Gasteiger partial charge >= 0.3 is 6.03 Å². The van der Waals surface area contributed by atoms with E-state index < -0.39 is 11.9 Å². The summed E-state index contributed by atoms with van der Waals surface area (Å²) in [4.78, 5) is 20.4. The molecular formula is C3H4Cl2N2O2.